The lowest BCUT2D eigenvalue weighted by atomic mass is 9.81. The van der Waals surface area contributed by atoms with Gasteiger partial charge in [-0.2, -0.15) is 13.2 Å². The highest BCUT2D eigenvalue weighted by atomic mass is 19.4. The first-order valence-electron chi connectivity index (χ1n) is 46.6. The standard InChI is InChI=1S/C35H50N2O5.C34H48N2O5.C33H43F3N2O4/c1-6-11-13-24(8-3)22-36-29-17-18-30(37-23-25(9-4)14-12-7-2)32-31(29)33(38)27-16-15-26(21-28(27)34(32)39)35(40)42-20-19-41-10-5;1-6-9-12-24(8-3)22-40-19-11-18-36-29-16-15-28(35-17-10-7-2)30-31(29)33(38)27-20-25(13-14-26(27)32(30)37)34(39)41-21-23(4)5;1-5-9-11-21(7-3)18-37-26-15-16-27(38-19-22(8-4)12-10-6-2)29-28(26)30(39)24-14-13-23(17-25(24)31(29)40)32(41)42-20-33(34,35)36/h15-18,21,24-25,36-37H,6-14,19-20,22-23H2,1-5H3;13-16,20,23-24,35-36H,6-12,17-19,21-22H2,1-5H3;13-17,21-22,37-38H,5-12,18-20H2,1-4H3. The van der Waals surface area contributed by atoms with Gasteiger partial charge in [0, 0.05) is 127 Å². The average molecular weight is 1730 g/mol. The Balaban J connectivity index is 0.000000257. The van der Waals surface area contributed by atoms with Crippen molar-refractivity contribution in [1.82, 2.24) is 0 Å². The number of esters is 3. The summed E-state index contributed by atoms with van der Waals surface area (Å²) in [5.41, 5.74) is 7.19. The van der Waals surface area contributed by atoms with Crippen LogP contribution >= 0.6 is 0 Å². The van der Waals surface area contributed by atoms with Gasteiger partial charge >= 0.3 is 24.1 Å². The number of ketones is 6. The molecule has 684 valence electrons. The summed E-state index contributed by atoms with van der Waals surface area (Å²) in [5, 5.41) is 20.6. The van der Waals surface area contributed by atoms with Crippen molar-refractivity contribution in [2.24, 2.45) is 35.5 Å². The van der Waals surface area contributed by atoms with Crippen molar-refractivity contribution in [3.63, 3.8) is 0 Å². The molecule has 0 fully saturated rings. The molecular weight excluding hydrogens is 1590 g/mol. The molecule has 0 spiro atoms. The van der Waals surface area contributed by atoms with Gasteiger partial charge in [-0.25, -0.2) is 14.4 Å². The largest absolute Gasteiger partial charge is 0.462 e. The second-order valence-electron chi connectivity index (χ2n) is 33.7. The van der Waals surface area contributed by atoms with E-state index in [0.29, 0.717) is 143 Å². The third kappa shape index (κ3) is 29.4. The van der Waals surface area contributed by atoms with Crippen LogP contribution in [0.5, 0.6) is 0 Å². The van der Waals surface area contributed by atoms with Crippen LogP contribution in [0.1, 0.15) is 371 Å². The first-order chi connectivity index (χ1) is 60.2. The van der Waals surface area contributed by atoms with Gasteiger partial charge in [0.15, 0.2) is 41.3 Å². The Morgan fingerprint density at radius 3 is 0.920 bits per heavy atom. The van der Waals surface area contributed by atoms with Gasteiger partial charge in [0.2, 0.25) is 0 Å². The van der Waals surface area contributed by atoms with Crippen LogP contribution in [0.15, 0.2) is 91.0 Å². The van der Waals surface area contributed by atoms with Crippen LogP contribution < -0.4 is 31.9 Å². The molecule has 5 unspecified atom stereocenters. The van der Waals surface area contributed by atoms with Gasteiger partial charge in [-0.15, -0.1) is 0 Å². The van der Waals surface area contributed by atoms with Gasteiger partial charge in [-0.3, -0.25) is 28.8 Å². The molecule has 0 saturated carbocycles. The Labute approximate surface area is 741 Å². The Kier molecular flexibility index (Phi) is 43.4. The van der Waals surface area contributed by atoms with E-state index in [1.54, 1.807) is 30.3 Å². The third-order valence-electron chi connectivity index (χ3n) is 23.8. The molecule has 125 heavy (non-hydrogen) atoms. The minimum absolute atomic E-state index is 0.0263. The number of alkyl halides is 3. The van der Waals surface area contributed by atoms with Crippen LogP contribution in [0, 0.1) is 35.5 Å². The maximum absolute atomic E-state index is 14.1. The molecule has 23 heteroatoms. The second-order valence-corrected chi connectivity index (χ2v) is 33.7. The zero-order chi connectivity index (χ0) is 91.1. The predicted octanol–water partition coefficient (Wildman–Crippen LogP) is 23.9. The van der Waals surface area contributed by atoms with E-state index in [0.717, 1.165) is 148 Å². The number of carbonyl (C=O) groups is 9. The highest BCUT2D eigenvalue weighted by Gasteiger charge is 2.40. The summed E-state index contributed by atoms with van der Waals surface area (Å²) in [6.45, 7) is 34.6. The first-order valence-corrected chi connectivity index (χ1v) is 46.6. The summed E-state index contributed by atoms with van der Waals surface area (Å²) >= 11 is 0. The van der Waals surface area contributed by atoms with Crippen molar-refractivity contribution in [2.75, 3.05) is 117 Å². The van der Waals surface area contributed by atoms with Gasteiger partial charge in [0.05, 0.1) is 63.3 Å². The number of halogens is 3. The molecule has 0 amide bonds. The molecule has 0 saturated heterocycles. The summed E-state index contributed by atoms with van der Waals surface area (Å²) in [6, 6.07) is 24.2. The summed E-state index contributed by atoms with van der Waals surface area (Å²) in [7, 11) is 0. The van der Waals surface area contributed by atoms with Crippen LogP contribution in [0.3, 0.4) is 0 Å². The van der Waals surface area contributed by atoms with Gasteiger partial charge in [-0.1, -0.05) is 193 Å². The zero-order valence-electron chi connectivity index (χ0n) is 76.9. The molecule has 0 heterocycles. The van der Waals surface area contributed by atoms with Gasteiger partial charge in [0.1, 0.15) is 6.61 Å². The highest BCUT2D eigenvalue weighted by Crippen LogP contribution is 2.42. The van der Waals surface area contributed by atoms with E-state index in [1.807, 2.05) is 51.1 Å². The van der Waals surface area contributed by atoms with E-state index in [-0.39, 0.29) is 98.1 Å². The predicted molar refractivity (Wildman–Crippen MR) is 495 cm³/mol. The Morgan fingerprint density at radius 2 is 0.616 bits per heavy atom. The van der Waals surface area contributed by atoms with Gasteiger partial charge in [-0.05, 0) is 178 Å². The number of rotatable bonds is 53. The summed E-state index contributed by atoms with van der Waals surface area (Å²) < 4.78 is 64.0. The van der Waals surface area contributed by atoms with E-state index in [1.165, 1.54) is 49.9 Å². The van der Waals surface area contributed by atoms with Crippen LogP contribution in [0.25, 0.3) is 0 Å². The van der Waals surface area contributed by atoms with Crippen LogP contribution in [-0.4, -0.2) is 144 Å². The second kappa shape index (κ2) is 53.0. The maximum Gasteiger partial charge on any atom is 0.422 e. The number of hydrogen-bond acceptors (Lipinski definition) is 20. The Hall–Kier alpha value is -9.74. The summed E-state index contributed by atoms with van der Waals surface area (Å²) in [4.78, 5) is 121. The molecule has 3 aliphatic carbocycles. The lowest BCUT2D eigenvalue weighted by Crippen LogP contribution is -2.27. The lowest BCUT2D eigenvalue weighted by Gasteiger charge is -2.26. The molecule has 0 aromatic heterocycles. The normalized spacial score (nSPS) is 13.7. The van der Waals surface area contributed by atoms with E-state index >= 15 is 0 Å². The third-order valence-corrected chi connectivity index (χ3v) is 23.8. The van der Waals surface area contributed by atoms with Crippen molar-refractivity contribution < 1.29 is 80.0 Å². The molecule has 5 atom stereocenters. The number of unbranched alkanes of at least 4 members (excludes halogenated alkanes) is 6. The SMILES string of the molecule is CCCCC(CC)CNc1ccc(NCC(CC)CCCC)c2c1C(=O)c1ccc(C(=O)OCC(F)(F)F)cc1C2=O.CCCCC(CC)CNc1ccc(NCC(CC)CCCC)c2c1C(=O)c1ccc(C(=O)OCCOCC)cc1C2=O.CCCCNc1ccc(NCCCOCC(CC)CCCC)c2c1C(=O)c1ccc(C(=O)OCC(C)C)cc1C2=O. The van der Waals surface area contributed by atoms with E-state index in [4.69, 9.17) is 18.9 Å². The number of anilines is 6. The van der Waals surface area contributed by atoms with E-state index in [2.05, 4.69) is 113 Å². The van der Waals surface area contributed by atoms with Crippen molar-refractivity contribution in [2.45, 2.75) is 251 Å². The van der Waals surface area contributed by atoms with Crippen LogP contribution in [-0.2, 0) is 23.7 Å². The molecule has 0 radical (unpaired) electrons. The fourth-order valence-electron chi connectivity index (χ4n) is 15.8. The minimum atomic E-state index is -4.68. The molecule has 0 aliphatic heterocycles. The fourth-order valence-corrected chi connectivity index (χ4v) is 15.8. The molecule has 0 bridgehead atoms. The quantitative estimate of drug-likeness (QED) is 0.0117. The molecule has 6 aromatic rings. The van der Waals surface area contributed by atoms with Crippen molar-refractivity contribution in [1.29, 1.82) is 0 Å². The highest BCUT2D eigenvalue weighted by molar-refractivity contribution is 6.34. The number of carbonyl (C=O) groups excluding carboxylic acids is 9. The molecule has 6 N–H and O–H groups in total. The summed E-state index contributed by atoms with van der Waals surface area (Å²) in [6.07, 6.45) is 20.2. The van der Waals surface area contributed by atoms with E-state index in [9.17, 15) is 56.3 Å². The van der Waals surface area contributed by atoms with Crippen LogP contribution in [0.4, 0.5) is 47.3 Å². The molecule has 20 nitrogen and oxygen atoms in total. The monoisotopic (exact) mass is 1730 g/mol. The lowest BCUT2D eigenvalue weighted by molar-refractivity contribution is -0.161. The van der Waals surface area contributed by atoms with Gasteiger partial charge in [0.25, 0.3) is 0 Å². The first kappa shape index (κ1) is 102. The smallest absolute Gasteiger partial charge is 0.422 e. The number of nitrogens with one attached hydrogen (secondary N) is 6. The van der Waals surface area contributed by atoms with Crippen molar-refractivity contribution in [3.8, 4) is 0 Å². The Morgan fingerprint density at radius 1 is 0.320 bits per heavy atom. The Bertz CT molecular complexity index is 4560. The van der Waals surface area contributed by atoms with E-state index < -0.39 is 36.5 Å². The zero-order valence-corrected chi connectivity index (χ0v) is 76.9. The number of ether oxygens (including phenoxy) is 5. The average Bonchev–Trinajstić information content (AvgIpc) is 0.750. The van der Waals surface area contributed by atoms with Crippen LogP contribution in [0.2, 0.25) is 0 Å². The maximum atomic E-state index is 14.1. The molecular formula is C102H141F3N6O14. The number of hydrogen-bond donors (Lipinski definition) is 6. The topological polar surface area (TPSA) is 272 Å². The van der Waals surface area contributed by atoms with Crippen molar-refractivity contribution in [3.05, 3.63) is 174 Å². The van der Waals surface area contributed by atoms with Crippen molar-refractivity contribution >= 4 is 86.7 Å². The fraction of sp³-hybridized carbons (Fsp3) is 0.559. The number of fused-ring (bicyclic) bond motifs is 6. The molecule has 3 aliphatic rings. The number of benzene rings is 6. The molecule has 6 aromatic carbocycles. The molecule has 9 rings (SSSR count). The summed E-state index contributed by atoms with van der Waals surface area (Å²) in [5.74, 6) is -1.50. The minimum Gasteiger partial charge on any atom is -0.462 e. The van der Waals surface area contributed by atoms with Gasteiger partial charge < -0.3 is 55.6 Å².